The lowest BCUT2D eigenvalue weighted by molar-refractivity contribution is -0.138. The van der Waals surface area contributed by atoms with Crippen LogP contribution in [0.25, 0.3) is 0 Å². The maximum Gasteiger partial charge on any atom is 0.267 e. The number of hydrogen-bond donors (Lipinski definition) is 2. The second kappa shape index (κ2) is 7.23. The fourth-order valence-corrected chi connectivity index (χ4v) is 3.36. The largest absolute Gasteiger partial charge is 0.368 e. The molecule has 2 aliphatic rings. The second-order valence-corrected chi connectivity index (χ2v) is 6.66. The molecule has 1 aromatic rings. The van der Waals surface area contributed by atoms with Gasteiger partial charge in [0.25, 0.3) is 11.8 Å². The van der Waals surface area contributed by atoms with Gasteiger partial charge in [-0.2, -0.15) is 0 Å². The fraction of sp³-hybridized carbons (Fsp3) is 0.500. The first-order chi connectivity index (χ1) is 12.0. The van der Waals surface area contributed by atoms with E-state index < -0.39 is 17.9 Å². The zero-order valence-corrected chi connectivity index (χ0v) is 14.5. The molecule has 7 nitrogen and oxygen atoms in total. The van der Waals surface area contributed by atoms with Crippen molar-refractivity contribution in [2.24, 2.45) is 5.92 Å². The number of nitrogens with zero attached hydrogens (tertiary/aromatic N) is 1. The van der Waals surface area contributed by atoms with E-state index in [0.29, 0.717) is 26.0 Å². The number of ether oxygens (including phenoxy) is 1. The number of aryl methyl sites for hydroxylation is 2. The quantitative estimate of drug-likeness (QED) is 0.631. The van der Waals surface area contributed by atoms with E-state index in [1.807, 2.05) is 32.0 Å². The number of carbonyl (C=O) groups excluding carboxylic acids is 3. The smallest absolute Gasteiger partial charge is 0.267 e. The Bertz CT molecular complexity index is 677. The van der Waals surface area contributed by atoms with Crippen LogP contribution in [0.15, 0.2) is 18.2 Å². The van der Waals surface area contributed by atoms with E-state index in [-0.39, 0.29) is 11.8 Å². The van der Waals surface area contributed by atoms with E-state index in [0.717, 1.165) is 23.2 Å². The zero-order valence-electron chi connectivity index (χ0n) is 14.5. The molecule has 2 aliphatic heterocycles. The molecule has 7 heteroatoms. The summed E-state index contributed by atoms with van der Waals surface area (Å²) in [6.07, 6.45) is 1.38. The highest BCUT2D eigenvalue weighted by Crippen LogP contribution is 2.27. The maximum atomic E-state index is 12.6. The number of amides is 3. The number of benzene rings is 1. The minimum atomic E-state index is -0.786. The van der Waals surface area contributed by atoms with Gasteiger partial charge >= 0.3 is 0 Å². The van der Waals surface area contributed by atoms with Crippen LogP contribution in [0.1, 0.15) is 30.4 Å². The molecule has 0 radical (unpaired) electrons. The lowest BCUT2D eigenvalue weighted by Crippen LogP contribution is -2.49. The molecule has 0 aliphatic carbocycles. The molecule has 25 heavy (non-hydrogen) atoms. The molecule has 3 rings (SSSR count). The Morgan fingerprint density at radius 2 is 1.76 bits per heavy atom. The summed E-state index contributed by atoms with van der Waals surface area (Å²) in [5.74, 6) is -1.88. The lowest BCUT2D eigenvalue weighted by atomic mass is 10.1. The van der Waals surface area contributed by atoms with Gasteiger partial charge in [0.15, 0.2) is 0 Å². The number of hydrogen-bond acceptors (Lipinski definition) is 4. The summed E-state index contributed by atoms with van der Waals surface area (Å²) in [4.78, 5) is 38.4. The van der Waals surface area contributed by atoms with Gasteiger partial charge in [0.05, 0.1) is 0 Å². The number of nitrogens with one attached hydrogen (secondary N) is 2. The Labute approximate surface area is 146 Å². The van der Waals surface area contributed by atoms with E-state index >= 15 is 0 Å². The number of hydrazine groups is 1. The molecule has 134 valence electrons. The highest BCUT2D eigenvalue weighted by atomic mass is 16.5. The van der Waals surface area contributed by atoms with Gasteiger partial charge in [-0.1, -0.05) is 6.07 Å². The average Bonchev–Trinajstić information content (AvgIpc) is 3.21. The summed E-state index contributed by atoms with van der Waals surface area (Å²) in [5.41, 5.74) is 7.67. The van der Waals surface area contributed by atoms with Crippen molar-refractivity contribution in [3.63, 3.8) is 0 Å². The van der Waals surface area contributed by atoms with Gasteiger partial charge in [-0.3, -0.25) is 25.2 Å². The lowest BCUT2D eigenvalue weighted by Gasteiger charge is -2.18. The van der Waals surface area contributed by atoms with Crippen molar-refractivity contribution in [2.45, 2.75) is 39.2 Å². The minimum Gasteiger partial charge on any atom is -0.368 e. The van der Waals surface area contributed by atoms with Crippen LogP contribution in [0, 0.1) is 19.8 Å². The van der Waals surface area contributed by atoms with Crippen LogP contribution < -0.4 is 15.8 Å². The number of rotatable bonds is 3. The van der Waals surface area contributed by atoms with E-state index in [2.05, 4.69) is 10.9 Å². The third-order valence-electron chi connectivity index (χ3n) is 4.57. The predicted octanol–water partition coefficient (Wildman–Crippen LogP) is 0.983. The summed E-state index contributed by atoms with van der Waals surface area (Å²) in [6.45, 7) is 4.99. The molecule has 2 saturated heterocycles. The average molecular weight is 345 g/mol. The first kappa shape index (κ1) is 17.4. The first-order valence-electron chi connectivity index (χ1n) is 8.56. The molecule has 2 atom stereocenters. The Morgan fingerprint density at radius 3 is 2.40 bits per heavy atom. The van der Waals surface area contributed by atoms with Gasteiger partial charge in [0.2, 0.25) is 5.91 Å². The maximum absolute atomic E-state index is 12.6. The highest BCUT2D eigenvalue weighted by molar-refractivity contribution is 6.09. The number of carbonyl (C=O) groups is 3. The van der Waals surface area contributed by atoms with Crippen LogP contribution >= 0.6 is 0 Å². The third-order valence-corrected chi connectivity index (χ3v) is 4.57. The van der Waals surface area contributed by atoms with Crippen LogP contribution in [0.3, 0.4) is 0 Å². The minimum absolute atomic E-state index is 0.242. The molecule has 2 fully saturated rings. The molecule has 2 N–H and O–H groups in total. The van der Waals surface area contributed by atoms with Gasteiger partial charge in [-0.25, -0.2) is 0 Å². The fourth-order valence-electron chi connectivity index (χ4n) is 3.36. The summed E-state index contributed by atoms with van der Waals surface area (Å²) < 4.78 is 5.25. The van der Waals surface area contributed by atoms with Gasteiger partial charge in [-0.05, 0) is 56.4 Å². The molecule has 0 aromatic heterocycles. The van der Waals surface area contributed by atoms with Crippen LogP contribution in [0.2, 0.25) is 0 Å². The Kier molecular flexibility index (Phi) is 5.03. The second-order valence-electron chi connectivity index (χ2n) is 6.66. The topological polar surface area (TPSA) is 87.7 Å². The molecule has 0 bridgehead atoms. The summed E-state index contributed by atoms with van der Waals surface area (Å²) in [5, 5.41) is 0. The molecule has 0 spiro atoms. The van der Waals surface area contributed by atoms with Crippen LogP contribution in [-0.2, 0) is 19.1 Å². The standard InChI is InChI=1S/C18H23N3O4/c1-11-8-12(2)10-13(9-11)21-6-5-14(18(21)24)16(22)19-20-17(23)15-4-3-7-25-15/h8-10,14-15H,3-7H2,1-2H3,(H,19,22)(H,20,23)/t14-,15-/m0/s1. The molecule has 0 saturated carbocycles. The van der Waals surface area contributed by atoms with Crippen LogP contribution in [0.5, 0.6) is 0 Å². The van der Waals surface area contributed by atoms with E-state index in [9.17, 15) is 14.4 Å². The highest BCUT2D eigenvalue weighted by Gasteiger charge is 2.38. The zero-order chi connectivity index (χ0) is 18.0. The first-order valence-corrected chi connectivity index (χ1v) is 8.56. The van der Waals surface area contributed by atoms with Crippen molar-refractivity contribution in [2.75, 3.05) is 18.1 Å². The van der Waals surface area contributed by atoms with Crippen molar-refractivity contribution < 1.29 is 19.1 Å². The molecule has 1 aromatic carbocycles. The van der Waals surface area contributed by atoms with E-state index in [1.54, 1.807) is 4.90 Å². The van der Waals surface area contributed by atoms with Crippen molar-refractivity contribution >= 4 is 23.4 Å². The monoisotopic (exact) mass is 345 g/mol. The SMILES string of the molecule is Cc1cc(C)cc(N2CC[C@@H](C(=O)NNC(=O)[C@@H]3CCCO3)C2=O)c1. The summed E-state index contributed by atoms with van der Waals surface area (Å²) in [6, 6.07) is 5.91. The molecule has 3 amide bonds. The van der Waals surface area contributed by atoms with Gasteiger partial charge < -0.3 is 9.64 Å². The third kappa shape index (κ3) is 3.82. The Hall–Kier alpha value is -2.41. The van der Waals surface area contributed by atoms with Crippen LogP contribution in [0.4, 0.5) is 5.69 Å². The summed E-state index contributed by atoms with van der Waals surface area (Å²) in [7, 11) is 0. The predicted molar refractivity (Wildman–Crippen MR) is 91.6 cm³/mol. The summed E-state index contributed by atoms with van der Waals surface area (Å²) >= 11 is 0. The molecular formula is C18H23N3O4. The van der Waals surface area contributed by atoms with Crippen molar-refractivity contribution in [1.82, 2.24) is 10.9 Å². The number of anilines is 1. The normalized spacial score (nSPS) is 23.0. The van der Waals surface area contributed by atoms with Crippen molar-refractivity contribution in [1.29, 1.82) is 0 Å². The van der Waals surface area contributed by atoms with E-state index in [1.165, 1.54) is 0 Å². The molecular weight excluding hydrogens is 322 g/mol. The van der Waals surface area contributed by atoms with Crippen molar-refractivity contribution in [3.05, 3.63) is 29.3 Å². The molecule has 2 heterocycles. The van der Waals surface area contributed by atoms with Gasteiger partial charge in [0, 0.05) is 18.8 Å². The Balaban J connectivity index is 1.59. The van der Waals surface area contributed by atoms with Gasteiger partial charge in [-0.15, -0.1) is 0 Å². The van der Waals surface area contributed by atoms with Crippen molar-refractivity contribution in [3.8, 4) is 0 Å². The Morgan fingerprint density at radius 1 is 1.08 bits per heavy atom. The molecule has 0 unspecified atom stereocenters. The van der Waals surface area contributed by atoms with Crippen LogP contribution in [-0.4, -0.2) is 37.0 Å². The van der Waals surface area contributed by atoms with E-state index in [4.69, 9.17) is 4.74 Å². The van der Waals surface area contributed by atoms with Gasteiger partial charge in [0.1, 0.15) is 12.0 Å².